The van der Waals surface area contributed by atoms with Gasteiger partial charge in [-0.2, -0.15) is 0 Å². The molecule has 0 aliphatic heterocycles. The number of aromatic nitrogens is 1. The minimum absolute atomic E-state index is 0.183. The van der Waals surface area contributed by atoms with Crippen molar-refractivity contribution in [2.24, 2.45) is 0 Å². The molecule has 1 radical (unpaired) electrons. The van der Waals surface area contributed by atoms with Crippen LogP contribution >= 0.6 is 0 Å². The Morgan fingerprint density at radius 3 is 2.82 bits per heavy atom. The molecule has 59 valence electrons. The van der Waals surface area contributed by atoms with Gasteiger partial charge in [-0.25, -0.2) is 4.98 Å². The Bertz CT molecular complexity index is 199. The highest BCUT2D eigenvalue weighted by molar-refractivity contribution is 6.56. The molecule has 1 N–H and O–H groups in total. The highest BCUT2D eigenvalue weighted by atomic mass is 28.3. The average molecular weight is 165 g/mol. The van der Waals surface area contributed by atoms with Gasteiger partial charge < -0.3 is 5.32 Å². The maximum atomic E-state index is 4.16. The Balaban J connectivity index is 2.39. The van der Waals surface area contributed by atoms with Crippen molar-refractivity contribution in [1.29, 1.82) is 0 Å². The van der Waals surface area contributed by atoms with Gasteiger partial charge >= 0.3 is 0 Å². The van der Waals surface area contributed by atoms with Gasteiger partial charge in [0.1, 0.15) is 5.82 Å². The van der Waals surface area contributed by atoms with Gasteiger partial charge in [0.05, 0.1) is 8.80 Å². The number of hydrogen-bond donors (Lipinski definition) is 1. The zero-order valence-corrected chi connectivity index (χ0v) is 7.96. The molecule has 0 amide bonds. The molecule has 0 saturated carbocycles. The van der Waals surface area contributed by atoms with Gasteiger partial charge in [0.2, 0.25) is 0 Å². The van der Waals surface area contributed by atoms with E-state index in [4.69, 9.17) is 0 Å². The van der Waals surface area contributed by atoms with Gasteiger partial charge in [-0.15, -0.1) is 0 Å². The highest BCUT2D eigenvalue weighted by Gasteiger charge is 1.95. The summed E-state index contributed by atoms with van der Waals surface area (Å²) < 4.78 is 0. The number of nitrogens with zero attached hydrogens (tertiary/aromatic N) is 1. The predicted octanol–water partition coefficient (Wildman–Crippen LogP) is 1.79. The van der Waals surface area contributed by atoms with Crippen molar-refractivity contribution in [2.45, 2.75) is 13.1 Å². The molecule has 1 aromatic heterocycles. The zero-order chi connectivity index (χ0) is 8.10. The minimum Gasteiger partial charge on any atom is -0.373 e. The standard InChI is InChI=1S/C8H13N2Si/c1-11(2)7-10-8-5-3-4-6-9-8/h3-6H,7H2,1-2H3,(H,9,10). The lowest BCUT2D eigenvalue weighted by molar-refractivity contribution is 1.26. The van der Waals surface area contributed by atoms with Crippen LogP contribution in [0.1, 0.15) is 0 Å². The summed E-state index contributed by atoms with van der Waals surface area (Å²) in [5, 5.41) is 3.28. The SMILES string of the molecule is C[Si](C)CNc1ccccn1. The Labute approximate surface area is 69.3 Å². The second kappa shape index (κ2) is 4.13. The van der Waals surface area contributed by atoms with Crippen molar-refractivity contribution in [3.05, 3.63) is 24.4 Å². The second-order valence-corrected chi connectivity index (χ2v) is 5.54. The summed E-state index contributed by atoms with van der Waals surface area (Å²) in [5.41, 5.74) is 0. The molecule has 0 spiro atoms. The van der Waals surface area contributed by atoms with Crippen molar-refractivity contribution in [3.8, 4) is 0 Å². The summed E-state index contributed by atoms with van der Waals surface area (Å²) >= 11 is 0. The number of pyridine rings is 1. The Hall–Kier alpha value is -0.833. The molecule has 0 fully saturated rings. The smallest absolute Gasteiger partial charge is 0.125 e. The van der Waals surface area contributed by atoms with E-state index in [9.17, 15) is 0 Å². The highest BCUT2D eigenvalue weighted by Crippen LogP contribution is 1.98. The predicted molar refractivity (Wildman–Crippen MR) is 50.2 cm³/mol. The molecule has 0 unspecified atom stereocenters. The lowest BCUT2D eigenvalue weighted by Gasteiger charge is -2.05. The molecule has 0 aliphatic rings. The Kier molecular flexibility index (Phi) is 3.10. The fraction of sp³-hybridized carbons (Fsp3) is 0.375. The van der Waals surface area contributed by atoms with Crippen LogP contribution in [0.3, 0.4) is 0 Å². The van der Waals surface area contributed by atoms with Crippen LogP contribution in [0.5, 0.6) is 0 Å². The number of anilines is 1. The summed E-state index contributed by atoms with van der Waals surface area (Å²) in [4.78, 5) is 4.16. The summed E-state index contributed by atoms with van der Waals surface area (Å²) in [7, 11) is -0.183. The van der Waals surface area contributed by atoms with E-state index in [1.165, 1.54) is 0 Å². The van der Waals surface area contributed by atoms with Gasteiger partial charge in [0.15, 0.2) is 0 Å². The molecule has 0 aliphatic carbocycles. The lowest BCUT2D eigenvalue weighted by atomic mass is 10.5. The largest absolute Gasteiger partial charge is 0.373 e. The first-order valence-corrected chi connectivity index (χ1v) is 6.43. The third-order valence-electron chi connectivity index (χ3n) is 1.29. The molecule has 1 aromatic rings. The maximum absolute atomic E-state index is 4.16. The topological polar surface area (TPSA) is 24.9 Å². The fourth-order valence-corrected chi connectivity index (χ4v) is 1.27. The fourth-order valence-electron chi connectivity index (χ4n) is 0.735. The molecular formula is C8H13N2Si. The molecule has 0 aromatic carbocycles. The number of hydrogen-bond acceptors (Lipinski definition) is 2. The molecule has 0 atom stereocenters. The van der Waals surface area contributed by atoms with E-state index in [0.29, 0.717) is 0 Å². The van der Waals surface area contributed by atoms with Crippen molar-refractivity contribution < 1.29 is 0 Å². The monoisotopic (exact) mass is 165 g/mol. The van der Waals surface area contributed by atoms with E-state index in [1.54, 1.807) is 6.20 Å². The van der Waals surface area contributed by atoms with Gasteiger partial charge in [0, 0.05) is 12.4 Å². The van der Waals surface area contributed by atoms with Gasteiger partial charge in [-0.3, -0.25) is 0 Å². The zero-order valence-electron chi connectivity index (χ0n) is 6.96. The quantitative estimate of drug-likeness (QED) is 0.691. The molecule has 2 nitrogen and oxygen atoms in total. The van der Waals surface area contributed by atoms with E-state index in [2.05, 4.69) is 23.4 Å². The molecule has 11 heavy (non-hydrogen) atoms. The molecule has 1 rings (SSSR count). The summed E-state index contributed by atoms with van der Waals surface area (Å²) in [6, 6.07) is 5.91. The summed E-state index contributed by atoms with van der Waals surface area (Å²) in [6.45, 7) is 4.56. The van der Waals surface area contributed by atoms with Crippen LogP contribution in [-0.2, 0) is 0 Å². The molecular weight excluding hydrogens is 152 g/mol. The van der Waals surface area contributed by atoms with Crippen LogP contribution in [0, 0.1) is 0 Å². The number of rotatable bonds is 3. The maximum Gasteiger partial charge on any atom is 0.125 e. The minimum atomic E-state index is -0.183. The molecule has 0 saturated heterocycles. The number of nitrogens with one attached hydrogen (secondary N) is 1. The first-order chi connectivity index (χ1) is 5.29. The van der Waals surface area contributed by atoms with Crippen molar-refractivity contribution >= 4 is 14.6 Å². The van der Waals surface area contributed by atoms with Crippen LogP contribution < -0.4 is 5.32 Å². The molecule has 3 heteroatoms. The third kappa shape index (κ3) is 3.18. The molecule has 1 heterocycles. The van der Waals surface area contributed by atoms with Gasteiger partial charge in [-0.05, 0) is 12.1 Å². The van der Waals surface area contributed by atoms with Gasteiger partial charge in [0.25, 0.3) is 0 Å². The third-order valence-corrected chi connectivity index (χ3v) is 2.17. The normalized spacial score (nSPS) is 10.1. The lowest BCUT2D eigenvalue weighted by Crippen LogP contribution is -2.17. The summed E-state index contributed by atoms with van der Waals surface area (Å²) in [6.07, 6.45) is 2.89. The Morgan fingerprint density at radius 1 is 1.45 bits per heavy atom. The van der Waals surface area contributed by atoms with E-state index in [1.807, 2.05) is 18.2 Å². The van der Waals surface area contributed by atoms with E-state index in [-0.39, 0.29) is 8.80 Å². The van der Waals surface area contributed by atoms with Crippen molar-refractivity contribution in [2.75, 3.05) is 11.5 Å². The first-order valence-electron chi connectivity index (χ1n) is 3.73. The Morgan fingerprint density at radius 2 is 2.27 bits per heavy atom. The van der Waals surface area contributed by atoms with Gasteiger partial charge in [-0.1, -0.05) is 19.2 Å². The van der Waals surface area contributed by atoms with Crippen LogP contribution in [-0.4, -0.2) is 19.9 Å². The van der Waals surface area contributed by atoms with Crippen LogP contribution in [0.25, 0.3) is 0 Å². The van der Waals surface area contributed by atoms with Crippen molar-refractivity contribution in [3.63, 3.8) is 0 Å². The van der Waals surface area contributed by atoms with E-state index >= 15 is 0 Å². The first kappa shape index (κ1) is 8.27. The van der Waals surface area contributed by atoms with E-state index < -0.39 is 0 Å². The van der Waals surface area contributed by atoms with Crippen LogP contribution in [0.4, 0.5) is 5.82 Å². The van der Waals surface area contributed by atoms with Crippen LogP contribution in [0.15, 0.2) is 24.4 Å². The van der Waals surface area contributed by atoms with Crippen molar-refractivity contribution in [1.82, 2.24) is 4.98 Å². The summed E-state index contributed by atoms with van der Waals surface area (Å²) in [5.74, 6) is 0.985. The molecule has 0 bridgehead atoms. The average Bonchev–Trinajstić information content (AvgIpc) is 2.03. The second-order valence-electron chi connectivity index (χ2n) is 2.78. The van der Waals surface area contributed by atoms with E-state index in [0.717, 1.165) is 12.0 Å². The van der Waals surface area contributed by atoms with Crippen LogP contribution in [0.2, 0.25) is 13.1 Å².